The zero-order chi connectivity index (χ0) is 19.1. The third-order valence-electron chi connectivity index (χ3n) is 5.69. The predicted molar refractivity (Wildman–Crippen MR) is 103 cm³/mol. The highest BCUT2D eigenvalue weighted by Gasteiger charge is 2.35. The molecule has 4 rings (SSSR count). The number of hydrogen-bond donors (Lipinski definition) is 1. The number of hydrogen-bond acceptors (Lipinski definition) is 3. The molecule has 2 aliphatic rings. The van der Waals surface area contributed by atoms with Gasteiger partial charge >= 0.3 is 0 Å². The van der Waals surface area contributed by atoms with Crippen molar-refractivity contribution in [2.75, 3.05) is 20.1 Å². The lowest BCUT2D eigenvalue weighted by atomic mass is 9.82. The molecule has 0 spiro atoms. The average Bonchev–Trinajstić information content (AvgIpc) is 2.68. The molecule has 0 unspecified atom stereocenters. The van der Waals surface area contributed by atoms with Crippen molar-refractivity contribution in [2.45, 2.75) is 25.8 Å². The van der Waals surface area contributed by atoms with Gasteiger partial charge in [-0.15, -0.1) is 0 Å². The number of pyridine rings is 1. The summed E-state index contributed by atoms with van der Waals surface area (Å²) in [5.41, 5.74) is 3.20. The molecule has 1 aromatic heterocycles. The highest BCUT2D eigenvalue weighted by Crippen LogP contribution is 2.36. The highest BCUT2D eigenvalue weighted by molar-refractivity contribution is 5.95. The molecule has 2 atom stereocenters. The second-order valence-corrected chi connectivity index (χ2v) is 7.50. The van der Waals surface area contributed by atoms with Crippen LogP contribution in [0, 0.1) is 5.92 Å². The monoisotopic (exact) mass is 365 g/mol. The second-order valence-electron chi connectivity index (χ2n) is 7.50. The maximum absolute atomic E-state index is 12.8. The Bertz CT molecular complexity index is 979. The number of nitrogens with zero attached hydrogens (tertiary/aromatic N) is 2. The fourth-order valence-electron chi connectivity index (χ4n) is 4.37. The minimum atomic E-state index is -0.154. The Morgan fingerprint density at radius 3 is 2.63 bits per heavy atom. The molecule has 2 bridgehead atoms. The van der Waals surface area contributed by atoms with E-state index in [1.165, 1.54) is 0 Å². The largest absolute Gasteiger partial charge is 0.355 e. The number of aromatic nitrogens is 1. The molecule has 6 nitrogen and oxygen atoms in total. The Kier molecular flexibility index (Phi) is 4.34. The number of nitrogens with one attached hydrogen (secondary N) is 1. The minimum absolute atomic E-state index is 0.0150. The molecule has 140 valence electrons. The van der Waals surface area contributed by atoms with Crippen molar-refractivity contribution in [3.8, 4) is 11.1 Å². The van der Waals surface area contributed by atoms with E-state index >= 15 is 0 Å². The normalized spacial score (nSPS) is 20.7. The van der Waals surface area contributed by atoms with E-state index in [-0.39, 0.29) is 23.3 Å². The van der Waals surface area contributed by atoms with Gasteiger partial charge in [-0.1, -0.05) is 12.1 Å². The molecule has 0 radical (unpaired) electrons. The van der Waals surface area contributed by atoms with Gasteiger partial charge < -0.3 is 14.8 Å². The molecule has 1 N–H and O–H groups in total. The van der Waals surface area contributed by atoms with Crippen molar-refractivity contribution in [1.82, 2.24) is 14.8 Å². The van der Waals surface area contributed by atoms with E-state index in [0.29, 0.717) is 24.6 Å². The first-order valence-corrected chi connectivity index (χ1v) is 9.29. The van der Waals surface area contributed by atoms with E-state index in [1.54, 1.807) is 32.2 Å². The second kappa shape index (κ2) is 6.68. The van der Waals surface area contributed by atoms with Crippen LogP contribution in [0.2, 0.25) is 0 Å². The number of fused-ring (bicyclic) bond motifs is 4. The fourth-order valence-corrected chi connectivity index (χ4v) is 4.37. The van der Waals surface area contributed by atoms with Crippen molar-refractivity contribution >= 4 is 11.8 Å². The maximum atomic E-state index is 12.8. The first kappa shape index (κ1) is 17.5. The van der Waals surface area contributed by atoms with Crippen LogP contribution in [0.25, 0.3) is 11.1 Å². The Hall–Kier alpha value is -2.89. The van der Waals surface area contributed by atoms with Gasteiger partial charge in [-0.2, -0.15) is 0 Å². The molecule has 6 heteroatoms. The zero-order valence-corrected chi connectivity index (χ0v) is 15.6. The van der Waals surface area contributed by atoms with E-state index < -0.39 is 0 Å². The molecule has 1 aromatic carbocycles. The summed E-state index contributed by atoms with van der Waals surface area (Å²) in [7, 11) is 1.60. The summed E-state index contributed by atoms with van der Waals surface area (Å²) < 4.78 is 1.86. The van der Waals surface area contributed by atoms with Crippen LogP contribution in [0.3, 0.4) is 0 Å². The topological polar surface area (TPSA) is 71.4 Å². The molecule has 1 fully saturated rings. The number of carbonyl (C=O) groups excluding carboxylic acids is 2. The summed E-state index contributed by atoms with van der Waals surface area (Å²) in [6, 6.07) is 11.0. The molecule has 2 aromatic rings. The number of carbonyl (C=O) groups is 2. The van der Waals surface area contributed by atoms with Gasteiger partial charge in [0.1, 0.15) is 0 Å². The van der Waals surface area contributed by atoms with Crippen LogP contribution < -0.4 is 10.9 Å². The standard InChI is InChI=1S/C21H23N3O3/c1-13(25)23-10-14-6-18(12-23)19-8-17(9-20(26)24(19)11-14)15-4-3-5-16(7-15)21(27)22-2/h3-5,7-9,14,18H,6,10-12H2,1-2H3,(H,22,27)/t14-,18+/m0/s1. The van der Waals surface area contributed by atoms with E-state index in [0.717, 1.165) is 29.8 Å². The van der Waals surface area contributed by atoms with E-state index in [4.69, 9.17) is 0 Å². The van der Waals surface area contributed by atoms with E-state index in [1.807, 2.05) is 21.6 Å². The number of piperidine rings is 1. The Morgan fingerprint density at radius 1 is 1.07 bits per heavy atom. The van der Waals surface area contributed by atoms with Crippen LogP contribution in [-0.4, -0.2) is 41.4 Å². The van der Waals surface area contributed by atoms with Crippen LogP contribution in [0.15, 0.2) is 41.2 Å². The zero-order valence-electron chi connectivity index (χ0n) is 15.6. The summed E-state index contributed by atoms with van der Waals surface area (Å²) >= 11 is 0. The number of benzene rings is 1. The molecule has 2 amide bonds. The number of likely N-dealkylation sites (tertiary alicyclic amines) is 1. The Labute approximate surface area is 157 Å². The van der Waals surface area contributed by atoms with E-state index in [9.17, 15) is 14.4 Å². The van der Waals surface area contributed by atoms with Crippen molar-refractivity contribution in [2.24, 2.45) is 5.92 Å². The molecule has 0 saturated carbocycles. The van der Waals surface area contributed by atoms with Gasteiger partial charge in [-0.25, -0.2) is 0 Å². The lowest BCUT2D eigenvalue weighted by Gasteiger charge is -2.42. The smallest absolute Gasteiger partial charge is 0.251 e. The molecule has 3 heterocycles. The minimum Gasteiger partial charge on any atom is -0.355 e. The molecule has 1 saturated heterocycles. The summed E-state index contributed by atoms with van der Waals surface area (Å²) in [4.78, 5) is 38.4. The van der Waals surface area contributed by atoms with Gasteiger partial charge in [0.05, 0.1) is 0 Å². The average molecular weight is 365 g/mol. The van der Waals surface area contributed by atoms with Crippen LogP contribution >= 0.6 is 0 Å². The van der Waals surface area contributed by atoms with Crippen LogP contribution in [0.1, 0.15) is 35.3 Å². The number of rotatable bonds is 2. The quantitative estimate of drug-likeness (QED) is 0.883. The van der Waals surface area contributed by atoms with Crippen molar-refractivity contribution in [3.05, 3.63) is 58.0 Å². The van der Waals surface area contributed by atoms with Gasteiger partial charge in [0.15, 0.2) is 0 Å². The number of amides is 2. The third-order valence-corrected chi connectivity index (χ3v) is 5.69. The predicted octanol–water partition coefficient (Wildman–Crippen LogP) is 1.84. The summed E-state index contributed by atoms with van der Waals surface area (Å²) in [6.45, 7) is 3.66. The summed E-state index contributed by atoms with van der Waals surface area (Å²) in [5, 5.41) is 2.62. The molecule has 2 aliphatic heterocycles. The van der Waals surface area contributed by atoms with Gasteiger partial charge in [0, 0.05) is 56.8 Å². The lowest BCUT2D eigenvalue weighted by molar-refractivity contribution is -0.131. The Balaban J connectivity index is 1.76. The highest BCUT2D eigenvalue weighted by atomic mass is 16.2. The van der Waals surface area contributed by atoms with Gasteiger partial charge in [0.2, 0.25) is 5.91 Å². The first-order valence-electron chi connectivity index (χ1n) is 9.29. The first-order chi connectivity index (χ1) is 13.0. The van der Waals surface area contributed by atoms with Crippen LogP contribution in [-0.2, 0) is 11.3 Å². The molecule has 0 aliphatic carbocycles. The summed E-state index contributed by atoms with van der Waals surface area (Å²) in [6.07, 6.45) is 1.00. The van der Waals surface area contributed by atoms with E-state index in [2.05, 4.69) is 11.4 Å². The van der Waals surface area contributed by atoms with Crippen molar-refractivity contribution in [3.63, 3.8) is 0 Å². The van der Waals surface area contributed by atoms with Crippen LogP contribution in [0.4, 0.5) is 0 Å². The molecule has 27 heavy (non-hydrogen) atoms. The maximum Gasteiger partial charge on any atom is 0.251 e. The molecular formula is C21H23N3O3. The summed E-state index contributed by atoms with van der Waals surface area (Å²) in [5.74, 6) is 0.449. The fraction of sp³-hybridized carbons (Fsp3) is 0.381. The SMILES string of the molecule is CNC(=O)c1cccc(-c2cc3n(c(=O)c2)C[C@H]2C[C@@H]3CN(C(C)=O)C2)c1. The Morgan fingerprint density at radius 2 is 1.89 bits per heavy atom. The lowest BCUT2D eigenvalue weighted by Crippen LogP contribution is -2.48. The van der Waals surface area contributed by atoms with Gasteiger partial charge in [-0.05, 0) is 41.7 Å². The molecular weight excluding hydrogens is 342 g/mol. The van der Waals surface area contributed by atoms with Crippen molar-refractivity contribution < 1.29 is 9.59 Å². The van der Waals surface area contributed by atoms with Crippen LogP contribution in [0.5, 0.6) is 0 Å². The third kappa shape index (κ3) is 3.16. The van der Waals surface area contributed by atoms with Gasteiger partial charge in [-0.3, -0.25) is 14.4 Å². The van der Waals surface area contributed by atoms with Crippen molar-refractivity contribution in [1.29, 1.82) is 0 Å². The van der Waals surface area contributed by atoms with Gasteiger partial charge in [0.25, 0.3) is 11.5 Å².